The van der Waals surface area contributed by atoms with E-state index in [1.54, 1.807) is 48.5 Å². The van der Waals surface area contributed by atoms with E-state index in [9.17, 15) is 37.5 Å². The molecule has 0 bridgehead atoms. The summed E-state index contributed by atoms with van der Waals surface area (Å²) < 4.78 is 69.2. The van der Waals surface area contributed by atoms with Crippen molar-refractivity contribution in [1.82, 2.24) is 0 Å². The molecule has 440 valence electrons. The van der Waals surface area contributed by atoms with Crippen LogP contribution in [0.15, 0.2) is 147 Å². The third-order valence-corrected chi connectivity index (χ3v) is 11.4. The number of aromatic hydroxyl groups is 2. The highest BCUT2D eigenvalue weighted by atomic mass is 19.1. The highest BCUT2D eigenvalue weighted by molar-refractivity contribution is 5.92. The number of phenolic OH excluding ortho intramolecular Hbond substituents is 2. The standard InChI is InChI=1S/C40H45FO10.C17H22O5.C6H5FO2/c1-3-37(42)48-27-13-9-5-7-11-25-46-32-19-15-30(16-20-32)39(44)50-34-23-24-36(35(41)29-34)51-40(45)31-17-21-33(22-18-31)47-26-12-8-6-10-14-28-49-38(43)4-2;1-2-16(18)22-13-7-5-3-4-6-12-21-15-10-8-14(9-11-15)17(19)20;7-5-3-4(8)1-2-6(5)9/h3-4,15-24,29H,1-2,5-14,25-28H2;2,8-11H,1,3-7,12-13H2,(H,19,20);1-3,8-9H. The first kappa shape index (κ1) is 67.3. The van der Waals surface area contributed by atoms with Crippen LogP contribution in [-0.4, -0.2) is 90.8 Å². The summed E-state index contributed by atoms with van der Waals surface area (Å²) in [4.78, 5) is 68.7. The largest absolute Gasteiger partial charge is 0.508 e. The van der Waals surface area contributed by atoms with Crippen LogP contribution < -0.4 is 23.7 Å². The second kappa shape index (κ2) is 40.2. The number of phenols is 2. The Morgan fingerprint density at radius 3 is 1.07 bits per heavy atom. The average Bonchev–Trinajstić information content (AvgIpc) is 3.61. The average molecular weight is 1140 g/mol. The van der Waals surface area contributed by atoms with Crippen molar-refractivity contribution < 1.29 is 90.8 Å². The Morgan fingerprint density at radius 2 is 0.732 bits per heavy atom. The van der Waals surface area contributed by atoms with Gasteiger partial charge in [0, 0.05) is 30.4 Å². The first-order valence-electron chi connectivity index (χ1n) is 26.8. The number of unbranched alkanes of at least 4 members (excludes halogenated alkanes) is 12. The molecule has 5 rings (SSSR count). The monoisotopic (exact) mass is 1140 g/mol. The molecule has 0 saturated carbocycles. The summed E-state index contributed by atoms with van der Waals surface area (Å²) in [5.74, 6) is -4.37. The fourth-order valence-corrected chi connectivity index (χ4v) is 6.99. The van der Waals surface area contributed by atoms with Crippen molar-refractivity contribution in [2.24, 2.45) is 0 Å². The quantitative estimate of drug-likeness (QED) is 0.00854. The van der Waals surface area contributed by atoms with Crippen molar-refractivity contribution in [2.75, 3.05) is 39.6 Å². The van der Waals surface area contributed by atoms with E-state index in [4.69, 9.17) is 53.2 Å². The van der Waals surface area contributed by atoms with Crippen LogP contribution in [0.3, 0.4) is 0 Å². The smallest absolute Gasteiger partial charge is 0.343 e. The van der Waals surface area contributed by atoms with Crippen molar-refractivity contribution in [2.45, 2.75) is 96.3 Å². The zero-order chi connectivity index (χ0) is 59.7. The van der Waals surface area contributed by atoms with Crippen LogP contribution >= 0.6 is 0 Å². The maximum absolute atomic E-state index is 14.8. The number of benzene rings is 5. The van der Waals surface area contributed by atoms with E-state index in [1.807, 2.05) is 0 Å². The van der Waals surface area contributed by atoms with Crippen LogP contribution in [0.4, 0.5) is 8.78 Å². The third-order valence-electron chi connectivity index (χ3n) is 11.4. The number of hydrogen-bond acceptors (Lipinski definition) is 16. The van der Waals surface area contributed by atoms with Crippen LogP contribution in [0.5, 0.6) is 40.2 Å². The molecule has 0 atom stereocenters. The SMILES string of the molecule is C=CC(=O)OCCCCCCCOc1ccc(C(=O)O)cc1.C=CC(=O)OCCCCCCCOc1ccc(C(=O)Oc2ccc(OC(=O)c3ccc(OCCCCCCCOC(=O)C=C)cc3)c(F)c2)cc1.Oc1ccc(O)c(F)c1. The number of ether oxygens (including phenoxy) is 8. The lowest BCUT2D eigenvalue weighted by Gasteiger charge is -2.10. The second-order valence-corrected chi connectivity index (χ2v) is 17.8. The summed E-state index contributed by atoms with van der Waals surface area (Å²) in [7, 11) is 0. The Kier molecular flexibility index (Phi) is 33.0. The molecular formula is C63H72F2O17. The first-order valence-corrected chi connectivity index (χ1v) is 26.8. The molecule has 5 aromatic rings. The van der Waals surface area contributed by atoms with Gasteiger partial charge in [-0.05, 0) is 136 Å². The predicted octanol–water partition coefficient (Wildman–Crippen LogP) is 13.1. The van der Waals surface area contributed by atoms with Crippen molar-refractivity contribution in [3.05, 3.63) is 175 Å². The number of aromatic carboxylic acids is 1. The summed E-state index contributed by atoms with van der Waals surface area (Å²) in [5.41, 5.74) is 0.718. The van der Waals surface area contributed by atoms with E-state index in [0.717, 1.165) is 127 Å². The molecule has 0 fully saturated rings. The number of hydrogen-bond donors (Lipinski definition) is 3. The van der Waals surface area contributed by atoms with E-state index < -0.39 is 47.2 Å². The number of carbonyl (C=O) groups excluding carboxylic acids is 5. The van der Waals surface area contributed by atoms with Gasteiger partial charge in [0.1, 0.15) is 28.7 Å². The molecule has 0 aromatic heterocycles. The van der Waals surface area contributed by atoms with E-state index in [1.165, 1.54) is 48.5 Å². The zero-order valence-electron chi connectivity index (χ0n) is 45.9. The second-order valence-electron chi connectivity index (χ2n) is 17.8. The molecule has 0 radical (unpaired) electrons. The molecule has 0 unspecified atom stereocenters. The van der Waals surface area contributed by atoms with Crippen molar-refractivity contribution in [3.8, 4) is 40.2 Å². The lowest BCUT2D eigenvalue weighted by molar-refractivity contribution is -0.138. The highest BCUT2D eigenvalue weighted by Crippen LogP contribution is 2.26. The lowest BCUT2D eigenvalue weighted by Crippen LogP contribution is -2.11. The molecule has 0 saturated heterocycles. The van der Waals surface area contributed by atoms with Gasteiger partial charge in [0.15, 0.2) is 23.1 Å². The van der Waals surface area contributed by atoms with Gasteiger partial charge in [0.05, 0.1) is 56.3 Å². The number of esters is 5. The molecule has 19 heteroatoms. The van der Waals surface area contributed by atoms with Crippen LogP contribution in [0, 0.1) is 11.6 Å². The Bertz CT molecular complexity index is 2760. The van der Waals surface area contributed by atoms with E-state index in [-0.39, 0.29) is 39.9 Å². The molecule has 82 heavy (non-hydrogen) atoms. The summed E-state index contributed by atoms with van der Waals surface area (Å²) in [6, 6.07) is 25.8. The van der Waals surface area contributed by atoms with Crippen LogP contribution in [0.2, 0.25) is 0 Å². The number of rotatable bonds is 35. The number of carboxylic acid groups (broad SMARTS) is 1. The molecule has 5 aromatic carbocycles. The van der Waals surface area contributed by atoms with Crippen molar-refractivity contribution in [1.29, 1.82) is 0 Å². The minimum Gasteiger partial charge on any atom is -0.508 e. The van der Waals surface area contributed by atoms with E-state index in [2.05, 4.69) is 19.7 Å². The molecule has 0 aliphatic heterocycles. The summed E-state index contributed by atoms with van der Waals surface area (Å²) >= 11 is 0. The summed E-state index contributed by atoms with van der Waals surface area (Å²) in [5, 5.41) is 25.9. The van der Waals surface area contributed by atoms with E-state index in [0.29, 0.717) is 56.9 Å². The lowest BCUT2D eigenvalue weighted by atomic mass is 10.1. The molecule has 0 spiro atoms. The van der Waals surface area contributed by atoms with Gasteiger partial charge in [-0.25, -0.2) is 37.5 Å². The van der Waals surface area contributed by atoms with Gasteiger partial charge in [-0.15, -0.1) is 0 Å². The number of carbonyl (C=O) groups is 6. The molecule has 0 aliphatic rings. The topological polar surface area (TPSA) is 237 Å². The normalized spacial score (nSPS) is 10.2. The molecule has 0 aliphatic carbocycles. The third kappa shape index (κ3) is 29.3. The van der Waals surface area contributed by atoms with Crippen LogP contribution in [-0.2, 0) is 28.6 Å². The van der Waals surface area contributed by atoms with Gasteiger partial charge in [-0.2, -0.15) is 0 Å². The van der Waals surface area contributed by atoms with Crippen molar-refractivity contribution in [3.63, 3.8) is 0 Å². The minimum atomic E-state index is -0.940. The summed E-state index contributed by atoms with van der Waals surface area (Å²) in [6.07, 6.45) is 17.5. The van der Waals surface area contributed by atoms with Crippen LogP contribution in [0.25, 0.3) is 0 Å². The maximum atomic E-state index is 14.8. The first-order chi connectivity index (χ1) is 39.6. The number of carboxylic acids is 1. The van der Waals surface area contributed by atoms with Gasteiger partial charge < -0.3 is 53.2 Å². The predicted molar refractivity (Wildman–Crippen MR) is 302 cm³/mol. The van der Waals surface area contributed by atoms with Gasteiger partial charge in [-0.1, -0.05) is 77.5 Å². The van der Waals surface area contributed by atoms with Gasteiger partial charge in [-0.3, -0.25) is 0 Å². The Hall–Kier alpha value is -9.00. The van der Waals surface area contributed by atoms with Gasteiger partial charge >= 0.3 is 35.8 Å². The molecular weight excluding hydrogens is 1070 g/mol. The van der Waals surface area contributed by atoms with E-state index >= 15 is 0 Å². The fourth-order valence-electron chi connectivity index (χ4n) is 6.99. The Labute approximate surface area is 476 Å². The Morgan fingerprint density at radius 1 is 0.390 bits per heavy atom. The molecule has 0 heterocycles. The highest BCUT2D eigenvalue weighted by Gasteiger charge is 2.16. The molecule has 17 nitrogen and oxygen atoms in total. The van der Waals surface area contributed by atoms with Gasteiger partial charge in [0.25, 0.3) is 0 Å². The van der Waals surface area contributed by atoms with Crippen molar-refractivity contribution >= 4 is 35.8 Å². The molecule has 3 N–H and O–H groups in total. The Balaban J connectivity index is 0.000000462. The summed E-state index contributed by atoms with van der Waals surface area (Å²) in [6.45, 7) is 12.9. The fraction of sp³-hybridized carbons (Fsp3) is 0.333. The molecule has 0 amide bonds. The minimum absolute atomic E-state index is 0.0491. The number of halogens is 2. The van der Waals surface area contributed by atoms with Gasteiger partial charge in [0.2, 0.25) is 0 Å². The maximum Gasteiger partial charge on any atom is 0.343 e. The van der Waals surface area contributed by atoms with Crippen LogP contribution in [0.1, 0.15) is 127 Å². The zero-order valence-corrected chi connectivity index (χ0v) is 45.9.